The summed E-state index contributed by atoms with van der Waals surface area (Å²) in [5, 5.41) is 9.05. The molecule has 0 saturated heterocycles. The maximum Gasteiger partial charge on any atom is 0.414 e. The number of aliphatic hydroxyl groups excluding tert-OH is 1. The predicted octanol–water partition coefficient (Wildman–Crippen LogP) is 3.18. The number of nitrogens with zero attached hydrogens (tertiary/aromatic N) is 1. The summed E-state index contributed by atoms with van der Waals surface area (Å²) in [5.74, 6) is 0. The smallest absolute Gasteiger partial charge is 0.414 e. The number of ether oxygens (including phenoxy) is 1. The fraction of sp³-hybridized carbons (Fsp3) is 0.462. The molecule has 0 aromatic heterocycles. The third-order valence-electron chi connectivity index (χ3n) is 2.06. The first-order chi connectivity index (χ1) is 8.33. The van der Waals surface area contributed by atoms with Crippen molar-refractivity contribution in [3.8, 4) is 0 Å². The lowest BCUT2D eigenvalue weighted by molar-refractivity contribution is 0.0573. The summed E-state index contributed by atoms with van der Waals surface area (Å²) in [4.78, 5) is 13.5. The Kier molecular flexibility index (Phi) is 5.16. The van der Waals surface area contributed by atoms with Gasteiger partial charge < -0.3 is 9.84 Å². The summed E-state index contributed by atoms with van der Waals surface area (Å²) in [7, 11) is 0. The van der Waals surface area contributed by atoms with Gasteiger partial charge in [0.15, 0.2) is 0 Å². The molecule has 0 aliphatic heterocycles. The van der Waals surface area contributed by atoms with E-state index in [0.29, 0.717) is 5.69 Å². The molecule has 1 aromatic carbocycles. The number of carbonyl (C=O) groups excluding carboxylic acids is 1. The van der Waals surface area contributed by atoms with Gasteiger partial charge in [-0.25, -0.2) is 4.79 Å². The number of hydrogen-bond acceptors (Lipinski definition) is 3. The molecule has 4 nitrogen and oxygen atoms in total. The van der Waals surface area contributed by atoms with E-state index in [2.05, 4.69) is 15.9 Å². The Morgan fingerprint density at radius 1 is 1.44 bits per heavy atom. The van der Waals surface area contributed by atoms with Crippen LogP contribution in [0.1, 0.15) is 20.8 Å². The van der Waals surface area contributed by atoms with E-state index in [1.807, 2.05) is 32.9 Å². The van der Waals surface area contributed by atoms with Gasteiger partial charge in [0.1, 0.15) is 5.60 Å². The Bertz CT molecular complexity index is 415. The van der Waals surface area contributed by atoms with E-state index in [-0.39, 0.29) is 13.2 Å². The summed E-state index contributed by atoms with van der Waals surface area (Å²) < 4.78 is 6.17. The molecule has 0 aliphatic carbocycles. The lowest BCUT2D eigenvalue weighted by atomic mass is 10.2. The number of benzene rings is 1. The number of anilines is 1. The fourth-order valence-electron chi connectivity index (χ4n) is 1.39. The van der Waals surface area contributed by atoms with Crippen LogP contribution in [0.2, 0.25) is 0 Å². The fourth-order valence-corrected chi connectivity index (χ4v) is 1.77. The normalized spacial score (nSPS) is 11.2. The van der Waals surface area contributed by atoms with Gasteiger partial charge in [-0.05, 0) is 39.0 Å². The van der Waals surface area contributed by atoms with Gasteiger partial charge in [-0.1, -0.05) is 22.0 Å². The Balaban J connectivity index is 2.92. The summed E-state index contributed by atoms with van der Waals surface area (Å²) in [6.45, 7) is 5.51. The highest BCUT2D eigenvalue weighted by Gasteiger charge is 2.23. The molecule has 1 aromatic rings. The zero-order chi connectivity index (χ0) is 13.8. The summed E-state index contributed by atoms with van der Waals surface area (Å²) in [6, 6.07) is 7.30. The minimum Gasteiger partial charge on any atom is -0.443 e. The second-order valence-corrected chi connectivity index (χ2v) is 5.75. The van der Waals surface area contributed by atoms with Crippen LogP contribution in [0, 0.1) is 0 Å². The molecule has 0 radical (unpaired) electrons. The molecule has 0 aliphatic rings. The predicted molar refractivity (Wildman–Crippen MR) is 74.8 cm³/mol. The van der Waals surface area contributed by atoms with E-state index in [9.17, 15) is 4.79 Å². The molecular formula is C13H18BrNO3. The Labute approximate surface area is 116 Å². The molecule has 0 unspecified atom stereocenters. The van der Waals surface area contributed by atoms with E-state index in [1.165, 1.54) is 4.90 Å². The number of halogens is 1. The van der Waals surface area contributed by atoms with Crippen LogP contribution in [0.3, 0.4) is 0 Å². The van der Waals surface area contributed by atoms with Crippen LogP contribution < -0.4 is 4.90 Å². The number of hydrogen-bond donors (Lipinski definition) is 1. The second-order valence-electron chi connectivity index (χ2n) is 4.84. The largest absolute Gasteiger partial charge is 0.443 e. The Morgan fingerprint density at radius 3 is 2.61 bits per heavy atom. The van der Waals surface area contributed by atoms with Crippen LogP contribution in [0.4, 0.5) is 10.5 Å². The lowest BCUT2D eigenvalue weighted by Gasteiger charge is -2.27. The first-order valence-corrected chi connectivity index (χ1v) is 6.50. The highest BCUT2D eigenvalue weighted by atomic mass is 79.9. The quantitative estimate of drug-likeness (QED) is 0.932. The number of aliphatic hydroxyl groups is 1. The van der Waals surface area contributed by atoms with Gasteiger partial charge in [-0.2, -0.15) is 0 Å². The Morgan fingerprint density at radius 2 is 2.11 bits per heavy atom. The molecule has 0 fully saturated rings. The van der Waals surface area contributed by atoms with Crippen LogP contribution in [0.25, 0.3) is 0 Å². The topological polar surface area (TPSA) is 49.8 Å². The van der Waals surface area contributed by atoms with E-state index >= 15 is 0 Å². The third kappa shape index (κ3) is 4.66. The highest BCUT2D eigenvalue weighted by Crippen LogP contribution is 2.21. The molecular weight excluding hydrogens is 298 g/mol. The van der Waals surface area contributed by atoms with Crippen molar-refractivity contribution in [2.45, 2.75) is 26.4 Å². The summed E-state index contributed by atoms with van der Waals surface area (Å²) in [5.41, 5.74) is 0.129. The van der Waals surface area contributed by atoms with Crippen LogP contribution in [-0.4, -0.2) is 30.0 Å². The Hall–Kier alpha value is -1.07. The van der Waals surface area contributed by atoms with Gasteiger partial charge in [-0.15, -0.1) is 0 Å². The zero-order valence-corrected chi connectivity index (χ0v) is 12.4. The first kappa shape index (κ1) is 15.0. The van der Waals surface area contributed by atoms with Gasteiger partial charge in [-0.3, -0.25) is 4.90 Å². The average molecular weight is 316 g/mol. The van der Waals surface area contributed by atoms with Crippen LogP contribution >= 0.6 is 15.9 Å². The van der Waals surface area contributed by atoms with Gasteiger partial charge in [0.2, 0.25) is 0 Å². The average Bonchev–Trinajstić information content (AvgIpc) is 2.23. The van der Waals surface area contributed by atoms with Crippen LogP contribution in [0.5, 0.6) is 0 Å². The van der Waals surface area contributed by atoms with Crippen molar-refractivity contribution in [2.75, 3.05) is 18.1 Å². The molecule has 5 heteroatoms. The van der Waals surface area contributed by atoms with Crippen molar-refractivity contribution in [1.82, 2.24) is 0 Å². The molecule has 0 bridgehead atoms. The van der Waals surface area contributed by atoms with E-state index in [4.69, 9.17) is 9.84 Å². The number of rotatable bonds is 3. The third-order valence-corrected chi connectivity index (χ3v) is 2.55. The molecule has 0 spiro atoms. The van der Waals surface area contributed by atoms with Crippen molar-refractivity contribution in [1.29, 1.82) is 0 Å². The van der Waals surface area contributed by atoms with Gasteiger partial charge in [0.25, 0.3) is 0 Å². The van der Waals surface area contributed by atoms with Crippen molar-refractivity contribution in [2.24, 2.45) is 0 Å². The standard InChI is InChI=1S/C13H18BrNO3/c1-13(2,3)18-12(17)15(7-8-16)11-6-4-5-10(14)9-11/h4-6,9,16H,7-8H2,1-3H3. The van der Waals surface area contributed by atoms with Gasteiger partial charge in [0.05, 0.1) is 13.2 Å². The second kappa shape index (κ2) is 6.20. The van der Waals surface area contributed by atoms with E-state index < -0.39 is 11.7 Å². The highest BCUT2D eigenvalue weighted by molar-refractivity contribution is 9.10. The van der Waals surface area contributed by atoms with Crippen LogP contribution in [0.15, 0.2) is 28.7 Å². The molecule has 1 N–H and O–H groups in total. The zero-order valence-electron chi connectivity index (χ0n) is 10.8. The minimum atomic E-state index is -0.559. The molecule has 0 saturated carbocycles. The van der Waals surface area contributed by atoms with E-state index in [0.717, 1.165) is 4.47 Å². The van der Waals surface area contributed by atoms with Gasteiger partial charge in [0, 0.05) is 10.2 Å². The number of carbonyl (C=O) groups is 1. The minimum absolute atomic E-state index is 0.119. The lowest BCUT2D eigenvalue weighted by Crippen LogP contribution is -2.38. The van der Waals surface area contributed by atoms with Gasteiger partial charge >= 0.3 is 6.09 Å². The molecule has 0 heterocycles. The van der Waals surface area contributed by atoms with Crippen molar-refractivity contribution in [3.05, 3.63) is 28.7 Å². The number of amides is 1. The molecule has 1 amide bonds. The van der Waals surface area contributed by atoms with Crippen molar-refractivity contribution >= 4 is 27.7 Å². The molecule has 1 rings (SSSR count). The van der Waals surface area contributed by atoms with Crippen LogP contribution in [-0.2, 0) is 4.74 Å². The summed E-state index contributed by atoms with van der Waals surface area (Å²) >= 11 is 3.35. The summed E-state index contributed by atoms with van der Waals surface area (Å²) in [6.07, 6.45) is -0.463. The molecule has 100 valence electrons. The van der Waals surface area contributed by atoms with E-state index in [1.54, 1.807) is 12.1 Å². The molecule has 18 heavy (non-hydrogen) atoms. The monoisotopic (exact) mass is 315 g/mol. The maximum absolute atomic E-state index is 12.0. The SMILES string of the molecule is CC(C)(C)OC(=O)N(CCO)c1cccc(Br)c1. The van der Waals surface area contributed by atoms with Crippen molar-refractivity contribution < 1.29 is 14.6 Å². The van der Waals surface area contributed by atoms with Crippen molar-refractivity contribution in [3.63, 3.8) is 0 Å². The maximum atomic E-state index is 12.0. The molecule has 0 atom stereocenters. The first-order valence-electron chi connectivity index (χ1n) is 5.70.